The lowest BCUT2D eigenvalue weighted by Crippen LogP contribution is -2.55. The topological polar surface area (TPSA) is 118 Å². The summed E-state index contributed by atoms with van der Waals surface area (Å²) in [4.78, 5) is 30.9. The molecule has 1 unspecified atom stereocenters. The van der Waals surface area contributed by atoms with Gasteiger partial charge in [0.2, 0.25) is 15.9 Å². The molecule has 1 saturated carbocycles. The third kappa shape index (κ3) is 3.64. The van der Waals surface area contributed by atoms with Gasteiger partial charge in [0.25, 0.3) is 0 Å². The first-order chi connectivity index (χ1) is 12.8. The molecule has 1 aromatic carbocycles. The average Bonchev–Trinajstić information content (AvgIpc) is 3.38. The third-order valence-corrected chi connectivity index (χ3v) is 7.14. The van der Waals surface area contributed by atoms with Crippen LogP contribution in [-0.4, -0.2) is 71.8 Å². The van der Waals surface area contributed by atoms with Crippen LogP contribution in [0.25, 0.3) is 11.0 Å². The summed E-state index contributed by atoms with van der Waals surface area (Å²) in [6.07, 6.45) is 2.09. The molecule has 146 valence electrons. The number of amides is 1. The largest absolute Gasteiger partial charge is 0.352 e. The van der Waals surface area contributed by atoms with Gasteiger partial charge in [0.1, 0.15) is 0 Å². The summed E-state index contributed by atoms with van der Waals surface area (Å²) in [5, 5.41) is 2.99. The fourth-order valence-corrected chi connectivity index (χ4v) is 4.82. The fraction of sp³-hybridized carbons (Fsp3) is 0.529. The van der Waals surface area contributed by atoms with Gasteiger partial charge in [-0.25, -0.2) is 13.2 Å². The smallest absolute Gasteiger partial charge is 0.323 e. The monoisotopic (exact) mass is 393 g/mol. The highest BCUT2D eigenvalue weighted by molar-refractivity contribution is 7.89. The van der Waals surface area contributed by atoms with Crippen molar-refractivity contribution in [3.05, 3.63) is 28.7 Å². The first-order valence-electron chi connectivity index (χ1n) is 9.11. The van der Waals surface area contributed by atoms with E-state index in [-0.39, 0.29) is 22.5 Å². The number of aromatic nitrogens is 2. The molecule has 1 atom stereocenters. The summed E-state index contributed by atoms with van der Waals surface area (Å²) in [7, 11) is -3.65. The molecule has 2 aliphatic rings. The lowest BCUT2D eigenvalue weighted by molar-refractivity contribution is -0.126. The molecule has 0 spiro atoms. The van der Waals surface area contributed by atoms with Gasteiger partial charge in [-0.1, -0.05) is 0 Å². The number of hydrogen-bond acceptors (Lipinski definition) is 5. The molecule has 1 aliphatic heterocycles. The Morgan fingerprint density at radius 2 is 1.81 bits per heavy atom. The molecule has 1 aliphatic carbocycles. The Kier molecular flexibility index (Phi) is 4.57. The van der Waals surface area contributed by atoms with Gasteiger partial charge in [-0.3, -0.25) is 9.69 Å². The Hall–Kier alpha value is -2.17. The van der Waals surface area contributed by atoms with Crippen LogP contribution in [0.3, 0.4) is 0 Å². The summed E-state index contributed by atoms with van der Waals surface area (Å²) in [5.74, 6) is 0.00988. The van der Waals surface area contributed by atoms with E-state index in [1.54, 1.807) is 6.07 Å². The van der Waals surface area contributed by atoms with E-state index in [1.165, 1.54) is 16.4 Å². The number of sulfonamides is 1. The molecule has 1 amide bonds. The van der Waals surface area contributed by atoms with E-state index in [2.05, 4.69) is 15.3 Å². The Bertz CT molecular complexity index is 1020. The van der Waals surface area contributed by atoms with Crippen LogP contribution < -0.4 is 11.0 Å². The van der Waals surface area contributed by atoms with E-state index in [4.69, 9.17) is 0 Å². The maximum Gasteiger partial charge on any atom is 0.323 e. The molecule has 1 saturated heterocycles. The first-order valence-corrected chi connectivity index (χ1v) is 10.6. The van der Waals surface area contributed by atoms with Crippen molar-refractivity contribution >= 4 is 27.0 Å². The highest BCUT2D eigenvalue weighted by atomic mass is 32.2. The molecule has 0 bridgehead atoms. The van der Waals surface area contributed by atoms with Gasteiger partial charge < -0.3 is 15.3 Å². The van der Waals surface area contributed by atoms with Gasteiger partial charge in [-0.2, -0.15) is 4.31 Å². The lowest BCUT2D eigenvalue weighted by Gasteiger charge is -2.36. The highest BCUT2D eigenvalue weighted by Gasteiger charge is 2.33. The molecule has 10 heteroatoms. The van der Waals surface area contributed by atoms with E-state index in [0.717, 1.165) is 12.8 Å². The van der Waals surface area contributed by atoms with Crippen LogP contribution in [0.5, 0.6) is 0 Å². The van der Waals surface area contributed by atoms with E-state index >= 15 is 0 Å². The number of rotatable bonds is 5. The number of piperazine rings is 1. The van der Waals surface area contributed by atoms with Crippen molar-refractivity contribution in [2.45, 2.75) is 36.7 Å². The van der Waals surface area contributed by atoms with Crippen molar-refractivity contribution in [2.24, 2.45) is 0 Å². The number of carbonyl (C=O) groups excluding carboxylic acids is 1. The predicted molar refractivity (Wildman–Crippen MR) is 99.9 cm³/mol. The number of H-pyrrole nitrogens is 2. The number of nitrogens with one attached hydrogen (secondary N) is 3. The van der Waals surface area contributed by atoms with Crippen molar-refractivity contribution in [3.63, 3.8) is 0 Å². The number of aromatic amines is 2. The van der Waals surface area contributed by atoms with Gasteiger partial charge in [-0.05, 0) is 38.0 Å². The second-order valence-electron chi connectivity index (χ2n) is 7.19. The molecule has 0 radical (unpaired) electrons. The Morgan fingerprint density at radius 3 is 2.48 bits per heavy atom. The molecule has 4 rings (SSSR count). The summed E-state index contributed by atoms with van der Waals surface area (Å²) < 4.78 is 27.3. The second kappa shape index (κ2) is 6.77. The van der Waals surface area contributed by atoms with Crippen LogP contribution in [0.4, 0.5) is 0 Å². The quantitative estimate of drug-likeness (QED) is 0.652. The van der Waals surface area contributed by atoms with E-state index in [0.29, 0.717) is 43.3 Å². The van der Waals surface area contributed by atoms with Crippen LogP contribution in [-0.2, 0) is 14.8 Å². The summed E-state index contributed by atoms with van der Waals surface area (Å²) in [6.45, 7) is 3.51. The molecule has 3 N–H and O–H groups in total. The van der Waals surface area contributed by atoms with Gasteiger partial charge in [-0.15, -0.1) is 0 Å². The van der Waals surface area contributed by atoms with Crippen LogP contribution >= 0.6 is 0 Å². The Morgan fingerprint density at radius 1 is 1.15 bits per heavy atom. The van der Waals surface area contributed by atoms with Crippen LogP contribution in [0.2, 0.25) is 0 Å². The zero-order valence-corrected chi connectivity index (χ0v) is 15.9. The number of fused-ring (bicyclic) bond motifs is 1. The van der Waals surface area contributed by atoms with Gasteiger partial charge in [0.15, 0.2) is 0 Å². The van der Waals surface area contributed by atoms with Crippen LogP contribution in [0, 0.1) is 0 Å². The SMILES string of the molecule is CC(C(=O)NC1CC1)N1CCN(S(=O)(=O)c2ccc3[nH]c(=O)[nH]c3c2)CC1. The molecule has 2 heterocycles. The molecule has 27 heavy (non-hydrogen) atoms. The summed E-state index contributed by atoms with van der Waals surface area (Å²) in [5.41, 5.74) is 0.663. The van der Waals surface area contributed by atoms with Crippen molar-refractivity contribution in [2.75, 3.05) is 26.2 Å². The normalized spacial score (nSPS) is 20.6. The molecule has 1 aromatic heterocycles. The maximum absolute atomic E-state index is 12.9. The predicted octanol–water partition coefficient (Wildman–Crippen LogP) is -0.170. The number of benzene rings is 1. The average molecular weight is 393 g/mol. The number of carbonyl (C=O) groups is 1. The Balaban J connectivity index is 1.44. The molecule has 9 nitrogen and oxygen atoms in total. The minimum atomic E-state index is -3.65. The Labute approximate surface area is 156 Å². The van der Waals surface area contributed by atoms with Crippen molar-refractivity contribution in [3.8, 4) is 0 Å². The van der Waals surface area contributed by atoms with Gasteiger partial charge >= 0.3 is 5.69 Å². The zero-order chi connectivity index (χ0) is 19.2. The molecule has 2 aromatic rings. The van der Waals surface area contributed by atoms with Crippen molar-refractivity contribution in [1.29, 1.82) is 0 Å². The standard InChI is InChI=1S/C17H23N5O4S/c1-11(16(23)18-12-2-3-12)21-6-8-22(9-7-21)27(25,26)13-4-5-14-15(10-13)20-17(24)19-14/h4-5,10-12H,2-3,6-9H2,1H3,(H,18,23)(H2,19,20,24). The second-order valence-corrected chi connectivity index (χ2v) is 9.12. The first kappa shape index (κ1) is 18.2. The summed E-state index contributed by atoms with van der Waals surface area (Å²) in [6, 6.07) is 4.61. The van der Waals surface area contributed by atoms with Crippen LogP contribution in [0.1, 0.15) is 19.8 Å². The van der Waals surface area contributed by atoms with Crippen molar-refractivity contribution < 1.29 is 13.2 Å². The third-order valence-electron chi connectivity index (χ3n) is 5.25. The van der Waals surface area contributed by atoms with E-state index in [9.17, 15) is 18.0 Å². The highest BCUT2D eigenvalue weighted by Crippen LogP contribution is 2.22. The number of nitrogens with zero attached hydrogens (tertiary/aromatic N) is 2. The van der Waals surface area contributed by atoms with Crippen LogP contribution in [0.15, 0.2) is 27.9 Å². The van der Waals surface area contributed by atoms with Gasteiger partial charge in [0, 0.05) is 32.2 Å². The maximum atomic E-state index is 12.9. The number of hydrogen-bond donors (Lipinski definition) is 3. The molecular weight excluding hydrogens is 370 g/mol. The van der Waals surface area contributed by atoms with E-state index in [1.807, 2.05) is 11.8 Å². The van der Waals surface area contributed by atoms with Crippen molar-refractivity contribution in [1.82, 2.24) is 24.5 Å². The summed E-state index contributed by atoms with van der Waals surface area (Å²) >= 11 is 0. The minimum Gasteiger partial charge on any atom is -0.352 e. The minimum absolute atomic E-state index is 0.00988. The molecule has 2 fully saturated rings. The van der Waals surface area contributed by atoms with Gasteiger partial charge in [0.05, 0.1) is 22.0 Å². The zero-order valence-electron chi connectivity index (χ0n) is 15.1. The fourth-order valence-electron chi connectivity index (χ4n) is 3.37. The van der Waals surface area contributed by atoms with E-state index < -0.39 is 10.0 Å². The number of imidazole rings is 1. The molecular formula is C17H23N5O4S. The lowest BCUT2D eigenvalue weighted by atomic mass is 10.2.